The van der Waals surface area contributed by atoms with Crippen molar-refractivity contribution < 1.29 is 9.59 Å². The highest BCUT2D eigenvalue weighted by atomic mass is 16.2. The van der Waals surface area contributed by atoms with E-state index in [1.807, 2.05) is 36.2 Å². The molecule has 2 aliphatic rings. The summed E-state index contributed by atoms with van der Waals surface area (Å²) < 4.78 is 0. The largest absolute Gasteiger partial charge is 0.372 e. The van der Waals surface area contributed by atoms with E-state index in [4.69, 9.17) is 0 Å². The Kier molecular flexibility index (Phi) is 4.64. The van der Waals surface area contributed by atoms with Crippen molar-refractivity contribution in [3.05, 3.63) is 24.3 Å². The van der Waals surface area contributed by atoms with Gasteiger partial charge in [-0.05, 0) is 44.9 Å². The molecule has 1 saturated carbocycles. The van der Waals surface area contributed by atoms with E-state index in [1.54, 1.807) is 0 Å². The number of urea groups is 1. The lowest BCUT2D eigenvalue weighted by molar-refractivity contribution is -0.128. The highest BCUT2D eigenvalue weighted by Gasteiger charge is 2.39. The van der Waals surface area contributed by atoms with Gasteiger partial charge in [0.2, 0.25) is 5.91 Å². The topological polar surface area (TPSA) is 64.7 Å². The van der Waals surface area contributed by atoms with Crippen LogP contribution in [0.15, 0.2) is 24.3 Å². The Morgan fingerprint density at radius 3 is 2.75 bits per heavy atom. The average molecular weight is 330 g/mol. The van der Waals surface area contributed by atoms with Crippen LogP contribution in [0.2, 0.25) is 0 Å². The van der Waals surface area contributed by atoms with Gasteiger partial charge in [-0.3, -0.25) is 4.79 Å². The third kappa shape index (κ3) is 3.80. The first-order valence-electron chi connectivity index (χ1n) is 8.64. The van der Waals surface area contributed by atoms with Gasteiger partial charge >= 0.3 is 6.03 Å². The van der Waals surface area contributed by atoms with Crippen LogP contribution in [0.1, 0.15) is 33.1 Å². The molecule has 2 N–H and O–H groups in total. The van der Waals surface area contributed by atoms with Crippen LogP contribution in [0, 0.1) is 0 Å². The standard InChI is InChI=1S/C18H26N4O2/c1-12(2)21(3)16-6-4-5-13(9-16)19-18(24)20-14-10-17(23)22(11-14)15-7-8-15/h4-6,9,12,14-15H,7-8,10-11H2,1-3H3,(H2,19,20,24)/t14-/m0/s1. The van der Waals surface area contributed by atoms with Crippen LogP contribution >= 0.6 is 0 Å². The van der Waals surface area contributed by atoms with E-state index in [0.717, 1.165) is 24.2 Å². The van der Waals surface area contributed by atoms with E-state index in [-0.39, 0.29) is 18.0 Å². The summed E-state index contributed by atoms with van der Waals surface area (Å²) in [4.78, 5) is 28.2. The van der Waals surface area contributed by atoms with E-state index in [1.165, 1.54) is 0 Å². The van der Waals surface area contributed by atoms with Crippen LogP contribution in [-0.2, 0) is 4.79 Å². The Bertz CT molecular complexity index is 627. The minimum absolute atomic E-state index is 0.0976. The van der Waals surface area contributed by atoms with Crippen LogP contribution in [0.25, 0.3) is 0 Å². The molecule has 1 aliphatic carbocycles. The van der Waals surface area contributed by atoms with Gasteiger partial charge in [-0.15, -0.1) is 0 Å². The first-order chi connectivity index (χ1) is 11.4. The van der Waals surface area contributed by atoms with Crippen LogP contribution in [0.5, 0.6) is 0 Å². The van der Waals surface area contributed by atoms with Crippen LogP contribution in [0.4, 0.5) is 16.2 Å². The van der Waals surface area contributed by atoms with Gasteiger partial charge in [0.1, 0.15) is 0 Å². The fourth-order valence-corrected chi connectivity index (χ4v) is 3.02. The zero-order valence-electron chi connectivity index (χ0n) is 14.6. The molecule has 0 bridgehead atoms. The van der Waals surface area contributed by atoms with Crippen LogP contribution in [0.3, 0.4) is 0 Å². The number of benzene rings is 1. The zero-order valence-corrected chi connectivity index (χ0v) is 14.6. The van der Waals surface area contributed by atoms with E-state index in [0.29, 0.717) is 25.0 Å². The predicted octanol–water partition coefficient (Wildman–Crippen LogP) is 2.42. The number of amides is 3. The Morgan fingerprint density at radius 1 is 1.33 bits per heavy atom. The Morgan fingerprint density at radius 2 is 2.08 bits per heavy atom. The van der Waals surface area contributed by atoms with Gasteiger partial charge < -0.3 is 20.4 Å². The molecule has 6 heteroatoms. The number of carbonyl (C=O) groups is 2. The van der Waals surface area contributed by atoms with Crippen molar-refractivity contribution in [2.24, 2.45) is 0 Å². The number of hydrogen-bond acceptors (Lipinski definition) is 3. The predicted molar refractivity (Wildman–Crippen MR) is 95.3 cm³/mol. The number of rotatable bonds is 5. The molecule has 1 aliphatic heterocycles. The van der Waals surface area contributed by atoms with Gasteiger partial charge in [0.05, 0.1) is 6.04 Å². The second kappa shape index (κ2) is 6.71. The number of carbonyl (C=O) groups excluding carboxylic acids is 2. The minimum atomic E-state index is -0.255. The number of likely N-dealkylation sites (tertiary alicyclic amines) is 1. The van der Waals surface area contributed by atoms with Gasteiger partial charge in [-0.25, -0.2) is 4.79 Å². The Labute approximate surface area is 143 Å². The maximum atomic E-state index is 12.2. The second-order valence-electron chi connectivity index (χ2n) is 7.03. The molecule has 24 heavy (non-hydrogen) atoms. The van der Waals surface area contributed by atoms with Crippen LogP contribution in [-0.4, -0.2) is 48.6 Å². The normalized spacial score (nSPS) is 20.4. The Balaban J connectivity index is 1.55. The fraction of sp³-hybridized carbons (Fsp3) is 0.556. The van der Waals surface area contributed by atoms with Gasteiger partial charge in [-0.2, -0.15) is 0 Å². The highest BCUT2D eigenvalue weighted by molar-refractivity contribution is 5.91. The molecule has 1 atom stereocenters. The molecule has 3 amide bonds. The lowest BCUT2D eigenvalue weighted by Crippen LogP contribution is -2.40. The first-order valence-corrected chi connectivity index (χ1v) is 8.64. The molecule has 1 heterocycles. The van der Waals surface area contributed by atoms with Crippen molar-refractivity contribution in [2.45, 2.75) is 51.2 Å². The van der Waals surface area contributed by atoms with E-state index in [9.17, 15) is 9.59 Å². The molecule has 0 radical (unpaired) electrons. The van der Waals surface area contributed by atoms with Gasteiger partial charge in [0.25, 0.3) is 0 Å². The summed E-state index contributed by atoms with van der Waals surface area (Å²) in [6.07, 6.45) is 2.60. The lowest BCUT2D eigenvalue weighted by Gasteiger charge is -2.24. The molecule has 2 fully saturated rings. The summed E-state index contributed by atoms with van der Waals surface area (Å²) in [6, 6.07) is 8.21. The third-order valence-electron chi connectivity index (χ3n) is 4.77. The number of anilines is 2. The van der Waals surface area contributed by atoms with Crippen molar-refractivity contribution in [1.29, 1.82) is 0 Å². The molecular formula is C18H26N4O2. The summed E-state index contributed by atoms with van der Waals surface area (Å²) in [6.45, 7) is 4.87. The summed E-state index contributed by atoms with van der Waals surface area (Å²) in [5.74, 6) is 0.156. The molecule has 0 aromatic heterocycles. The van der Waals surface area contributed by atoms with Crippen LogP contribution < -0.4 is 15.5 Å². The highest BCUT2D eigenvalue weighted by Crippen LogP contribution is 2.30. The smallest absolute Gasteiger partial charge is 0.319 e. The molecule has 1 saturated heterocycles. The third-order valence-corrected chi connectivity index (χ3v) is 4.77. The minimum Gasteiger partial charge on any atom is -0.372 e. The van der Waals surface area contributed by atoms with Crippen molar-refractivity contribution >= 4 is 23.3 Å². The summed E-state index contributed by atoms with van der Waals surface area (Å²) in [5, 5.41) is 5.79. The first kappa shape index (κ1) is 16.6. The molecule has 6 nitrogen and oxygen atoms in total. The van der Waals surface area contributed by atoms with Gasteiger partial charge in [-0.1, -0.05) is 6.07 Å². The molecular weight excluding hydrogens is 304 g/mol. The van der Waals surface area contributed by atoms with E-state index >= 15 is 0 Å². The molecule has 0 unspecified atom stereocenters. The summed E-state index contributed by atoms with van der Waals surface area (Å²) >= 11 is 0. The monoisotopic (exact) mass is 330 g/mol. The van der Waals surface area contributed by atoms with Crippen molar-refractivity contribution in [3.8, 4) is 0 Å². The maximum Gasteiger partial charge on any atom is 0.319 e. The number of nitrogens with zero attached hydrogens (tertiary/aromatic N) is 2. The average Bonchev–Trinajstić information content (AvgIpc) is 3.30. The van der Waals surface area contributed by atoms with E-state index in [2.05, 4.69) is 29.4 Å². The summed E-state index contributed by atoms with van der Waals surface area (Å²) in [5.41, 5.74) is 1.81. The maximum absolute atomic E-state index is 12.2. The molecule has 1 aromatic rings. The second-order valence-corrected chi connectivity index (χ2v) is 7.03. The van der Waals surface area contributed by atoms with Gasteiger partial charge in [0.15, 0.2) is 0 Å². The molecule has 0 spiro atoms. The lowest BCUT2D eigenvalue weighted by atomic mass is 10.2. The molecule has 3 rings (SSSR count). The van der Waals surface area contributed by atoms with Gasteiger partial charge in [0, 0.05) is 43.5 Å². The van der Waals surface area contributed by atoms with Crippen molar-refractivity contribution in [3.63, 3.8) is 0 Å². The van der Waals surface area contributed by atoms with Crippen molar-refractivity contribution in [1.82, 2.24) is 10.2 Å². The van der Waals surface area contributed by atoms with Crippen molar-refractivity contribution in [2.75, 3.05) is 23.8 Å². The quantitative estimate of drug-likeness (QED) is 0.871. The molecule has 1 aromatic carbocycles. The summed E-state index contributed by atoms with van der Waals surface area (Å²) in [7, 11) is 2.03. The number of nitrogens with one attached hydrogen (secondary N) is 2. The number of hydrogen-bond donors (Lipinski definition) is 2. The molecule has 130 valence electrons. The SMILES string of the molecule is CC(C)N(C)c1cccc(NC(=O)N[C@H]2CC(=O)N(C3CC3)C2)c1. The zero-order chi connectivity index (χ0) is 17.3. The van der Waals surface area contributed by atoms with E-state index < -0.39 is 0 Å². The fourth-order valence-electron chi connectivity index (χ4n) is 3.02. The Hall–Kier alpha value is -2.24.